The lowest BCUT2D eigenvalue weighted by Gasteiger charge is -2.09. The minimum Gasteiger partial charge on any atom is -0.452 e. The quantitative estimate of drug-likeness (QED) is 0.668. The second kappa shape index (κ2) is 8.30. The lowest BCUT2D eigenvalue weighted by molar-refractivity contribution is -0.119. The van der Waals surface area contributed by atoms with Crippen molar-refractivity contribution in [2.75, 3.05) is 11.9 Å². The molecule has 1 aliphatic rings. The zero-order valence-electron chi connectivity index (χ0n) is 15.1. The van der Waals surface area contributed by atoms with E-state index in [1.165, 1.54) is 24.3 Å². The van der Waals surface area contributed by atoms with E-state index >= 15 is 0 Å². The van der Waals surface area contributed by atoms with E-state index < -0.39 is 28.5 Å². The number of hydrogen-bond donors (Lipinski definition) is 2. The molecular formula is C19H19ClN2O5S. The molecule has 0 atom stereocenters. The molecule has 7 nitrogen and oxygen atoms in total. The van der Waals surface area contributed by atoms with Crippen LogP contribution in [0.5, 0.6) is 0 Å². The molecule has 1 aliphatic carbocycles. The fraction of sp³-hybridized carbons (Fsp3) is 0.263. The van der Waals surface area contributed by atoms with Gasteiger partial charge in [-0.25, -0.2) is 17.9 Å². The molecule has 2 aromatic carbocycles. The summed E-state index contributed by atoms with van der Waals surface area (Å²) in [6.07, 6.45) is 1.62. The largest absolute Gasteiger partial charge is 0.452 e. The summed E-state index contributed by atoms with van der Waals surface area (Å²) in [6.45, 7) is 1.33. The fourth-order valence-electron chi connectivity index (χ4n) is 2.36. The number of nitrogens with one attached hydrogen (secondary N) is 2. The average molecular weight is 423 g/mol. The topological polar surface area (TPSA) is 102 Å². The number of carbonyl (C=O) groups excluding carboxylic acids is 2. The monoisotopic (exact) mass is 422 g/mol. The Kier molecular flexibility index (Phi) is 6.02. The van der Waals surface area contributed by atoms with Crippen molar-refractivity contribution < 1.29 is 22.7 Å². The molecule has 1 amide bonds. The molecule has 2 N–H and O–H groups in total. The molecule has 0 aliphatic heterocycles. The lowest BCUT2D eigenvalue weighted by atomic mass is 10.2. The maximum absolute atomic E-state index is 12.2. The Hall–Kier alpha value is -2.42. The van der Waals surface area contributed by atoms with Gasteiger partial charge in [-0.2, -0.15) is 0 Å². The first-order chi connectivity index (χ1) is 13.2. The highest BCUT2D eigenvalue weighted by Gasteiger charge is 2.28. The zero-order valence-corrected chi connectivity index (χ0v) is 16.6. The molecule has 2 aromatic rings. The Labute approximate surface area is 168 Å². The van der Waals surface area contributed by atoms with Gasteiger partial charge in [-0.3, -0.25) is 4.79 Å². The molecule has 0 bridgehead atoms. The Morgan fingerprint density at radius 3 is 2.61 bits per heavy atom. The number of benzene rings is 2. The highest BCUT2D eigenvalue weighted by atomic mass is 35.5. The predicted molar refractivity (Wildman–Crippen MR) is 105 cm³/mol. The standard InChI is InChI=1S/C19H19ClN2O5S/c1-12-5-6-15(10-17(12)20)21-18(23)11-27-19(24)13-3-2-4-16(9-13)28(25,26)22-14-7-8-14/h2-6,9-10,14,22H,7-8,11H2,1H3,(H,21,23). The van der Waals surface area contributed by atoms with Crippen molar-refractivity contribution in [3.8, 4) is 0 Å². The second-order valence-corrected chi connectivity index (χ2v) is 8.63. The number of esters is 1. The van der Waals surface area contributed by atoms with E-state index in [-0.39, 0.29) is 16.5 Å². The van der Waals surface area contributed by atoms with Crippen LogP contribution in [0.2, 0.25) is 5.02 Å². The van der Waals surface area contributed by atoms with Crippen molar-refractivity contribution in [3.05, 3.63) is 58.6 Å². The van der Waals surface area contributed by atoms with Crippen molar-refractivity contribution in [1.29, 1.82) is 0 Å². The molecule has 0 spiro atoms. The summed E-state index contributed by atoms with van der Waals surface area (Å²) in [5, 5.41) is 3.08. The van der Waals surface area contributed by atoms with Gasteiger partial charge in [-0.1, -0.05) is 23.7 Å². The van der Waals surface area contributed by atoms with Gasteiger partial charge in [-0.05, 0) is 55.7 Å². The Morgan fingerprint density at radius 1 is 1.18 bits per heavy atom. The van der Waals surface area contributed by atoms with E-state index in [1.807, 2.05) is 6.92 Å². The van der Waals surface area contributed by atoms with Crippen LogP contribution in [0.1, 0.15) is 28.8 Å². The van der Waals surface area contributed by atoms with Gasteiger partial charge in [0.05, 0.1) is 10.5 Å². The molecule has 148 valence electrons. The number of rotatable bonds is 7. The first-order valence-corrected chi connectivity index (χ1v) is 10.5. The van der Waals surface area contributed by atoms with Crippen LogP contribution in [0.3, 0.4) is 0 Å². The molecule has 0 aromatic heterocycles. The number of aryl methyl sites for hydroxylation is 1. The van der Waals surface area contributed by atoms with Gasteiger partial charge >= 0.3 is 5.97 Å². The fourth-order valence-corrected chi connectivity index (χ4v) is 3.89. The number of sulfonamides is 1. The summed E-state index contributed by atoms with van der Waals surface area (Å²) < 4.78 is 32.0. The second-order valence-electron chi connectivity index (χ2n) is 6.51. The van der Waals surface area contributed by atoms with E-state index in [0.29, 0.717) is 10.7 Å². The maximum Gasteiger partial charge on any atom is 0.338 e. The Balaban J connectivity index is 1.59. The maximum atomic E-state index is 12.2. The van der Waals surface area contributed by atoms with E-state index in [0.717, 1.165) is 18.4 Å². The van der Waals surface area contributed by atoms with E-state index in [9.17, 15) is 18.0 Å². The molecule has 9 heteroatoms. The molecular weight excluding hydrogens is 404 g/mol. The van der Waals surface area contributed by atoms with Crippen LogP contribution in [0, 0.1) is 6.92 Å². The zero-order chi connectivity index (χ0) is 20.3. The predicted octanol–water partition coefficient (Wildman–Crippen LogP) is 2.88. The van der Waals surface area contributed by atoms with Crippen LogP contribution in [-0.4, -0.2) is 32.9 Å². The highest BCUT2D eigenvalue weighted by Crippen LogP contribution is 2.23. The van der Waals surface area contributed by atoms with Crippen molar-refractivity contribution in [2.24, 2.45) is 0 Å². The summed E-state index contributed by atoms with van der Waals surface area (Å²) in [5.41, 5.74) is 1.40. The molecule has 3 rings (SSSR count). The first-order valence-electron chi connectivity index (χ1n) is 8.60. The highest BCUT2D eigenvalue weighted by molar-refractivity contribution is 7.89. The third-order valence-electron chi connectivity index (χ3n) is 4.07. The van der Waals surface area contributed by atoms with Gasteiger partial charge < -0.3 is 10.1 Å². The third kappa shape index (κ3) is 5.31. The van der Waals surface area contributed by atoms with Crippen LogP contribution >= 0.6 is 11.6 Å². The molecule has 1 saturated carbocycles. The summed E-state index contributed by atoms with van der Waals surface area (Å²) in [7, 11) is -3.68. The molecule has 28 heavy (non-hydrogen) atoms. The van der Waals surface area contributed by atoms with Crippen LogP contribution in [0.25, 0.3) is 0 Å². The normalized spacial score (nSPS) is 13.8. The van der Waals surface area contributed by atoms with Gasteiger partial charge in [0.2, 0.25) is 10.0 Å². The number of hydrogen-bond acceptors (Lipinski definition) is 5. The van der Waals surface area contributed by atoms with Crippen LogP contribution in [0.4, 0.5) is 5.69 Å². The van der Waals surface area contributed by atoms with Gasteiger partial charge in [0.15, 0.2) is 6.61 Å². The van der Waals surface area contributed by atoms with Crippen LogP contribution < -0.4 is 10.0 Å². The van der Waals surface area contributed by atoms with Crippen molar-refractivity contribution >= 4 is 39.2 Å². The summed E-state index contributed by atoms with van der Waals surface area (Å²) >= 11 is 6.00. The van der Waals surface area contributed by atoms with Gasteiger partial charge in [0, 0.05) is 16.8 Å². The third-order valence-corrected chi connectivity index (χ3v) is 5.99. The van der Waals surface area contributed by atoms with Crippen LogP contribution in [0.15, 0.2) is 47.4 Å². The lowest BCUT2D eigenvalue weighted by Crippen LogP contribution is -2.26. The molecule has 1 fully saturated rings. The molecule has 0 heterocycles. The van der Waals surface area contributed by atoms with Gasteiger partial charge in [-0.15, -0.1) is 0 Å². The van der Waals surface area contributed by atoms with E-state index in [2.05, 4.69) is 10.0 Å². The smallest absolute Gasteiger partial charge is 0.338 e. The average Bonchev–Trinajstić information content (AvgIpc) is 3.46. The van der Waals surface area contributed by atoms with E-state index in [4.69, 9.17) is 16.3 Å². The van der Waals surface area contributed by atoms with Crippen molar-refractivity contribution in [1.82, 2.24) is 4.72 Å². The molecule has 0 unspecified atom stereocenters. The molecule has 0 saturated heterocycles. The SMILES string of the molecule is Cc1ccc(NC(=O)COC(=O)c2cccc(S(=O)(=O)NC3CC3)c2)cc1Cl. The van der Waals surface area contributed by atoms with Crippen LogP contribution in [-0.2, 0) is 19.6 Å². The Morgan fingerprint density at radius 2 is 1.93 bits per heavy atom. The Bertz CT molecular complexity index is 1020. The van der Waals surface area contributed by atoms with Crippen molar-refractivity contribution in [2.45, 2.75) is 30.7 Å². The van der Waals surface area contributed by atoms with E-state index in [1.54, 1.807) is 18.2 Å². The van der Waals surface area contributed by atoms with Gasteiger partial charge in [0.1, 0.15) is 0 Å². The number of halogens is 1. The number of amides is 1. The number of anilines is 1. The van der Waals surface area contributed by atoms with Gasteiger partial charge in [0.25, 0.3) is 5.91 Å². The van der Waals surface area contributed by atoms with Crippen molar-refractivity contribution in [3.63, 3.8) is 0 Å². The summed E-state index contributed by atoms with van der Waals surface area (Å²) in [5.74, 6) is -1.33. The first kappa shape index (κ1) is 20.3. The summed E-state index contributed by atoms with van der Waals surface area (Å²) in [6, 6.07) is 10.5. The minimum absolute atomic E-state index is 0.0207. The molecule has 0 radical (unpaired) electrons. The summed E-state index contributed by atoms with van der Waals surface area (Å²) in [4.78, 5) is 24.1. The number of ether oxygens (including phenoxy) is 1. The minimum atomic E-state index is -3.68. The number of carbonyl (C=O) groups is 2.